The van der Waals surface area contributed by atoms with Crippen molar-refractivity contribution in [2.45, 2.75) is 20.3 Å². The summed E-state index contributed by atoms with van der Waals surface area (Å²) in [5, 5.41) is 3.24. The monoisotopic (exact) mass is 388 g/mol. The fourth-order valence-corrected chi connectivity index (χ4v) is 2.81. The number of ether oxygens (including phenoxy) is 1. The van der Waals surface area contributed by atoms with Crippen LogP contribution in [-0.2, 0) is 14.3 Å². The summed E-state index contributed by atoms with van der Waals surface area (Å²) in [7, 11) is 1.28. The van der Waals surface area contributed by atoms with Gasteiger partial charge in [0, 0.05) is 30.6 Å². The first-order valence-corrected chi connectivity index (χ1v) is 8.73. The number of esters is 1. The number of nitrogens with one attached hydrogen (secondary N) is 1. The van der Waals surface area contributed by atoms with Crippen molar-refractivity contribution in [3.05, 3.63) is 58.6 Å². The molecule has 0 saturated heterocycles. The largest absolute Gasteiger partial charge is 0.465 e. The number of rotatable bonds is 6. The Kier molecular flexibility index (Phi) is 6.96. The Morgan fingerprint density at radius 3 is 2.48 bits per heavy atom. The fraction of sp³-hybridized carbons (Fsp3) is 0.250. The SMILES string of the molecule is COC(=O)c1ccccc1NC(=O)CCN(C(C)=O)c1cccc(Cl)c1C. The van der Waals surface area contributed by atoms with Crippen LogP contribution in [-0.4, -0.2) is 31.4 Å². The first-order chi connectivity index (χ1) is 12.8. The highest BCUT2D eigenvalue weighted by atomic mass is 35.5. The lowest BCUT2D eigenvalue weighted by Gasteiger charge is -2.23. The van der Waals surface area contributed by atoms with Gasteiger partial charge in [0.05, 0.1) is 18.4 Å². The van der Waals surface area contributed by atoms with Crippen LogP contribution in [0.25, 0.3) is 0 Å². The van der Waals surface area contributed by atoms with Gasteiger partial charge in [-0.25, -0.2) is 4.79 Å². The summed E-state index contributed by atoms with van der Waals surface area (Å²) in [6.45, 7) is 3.44. The second-order valence-electron chi connectivity index (χ2n) is 5.89. The number of carbonyl (C=O) groups excluding carboxylic acids is 3. The van der Waals surface area contributed by atoms with E-state index in [9.17, 15) is 14.4 Å². The molecule has 6 nitrogen and oxygen atoms in total. The van der Waals surface area contributed by atoms with Gasteiger partial charge in [-0.1, -0.05) is 29.8 Å². The van der Waals surface area contributed by atoms with Crippen molar-refractivity contribution in [1.29, 1.82) is 0 Å². The van der Waals surface area contributed by atoms with E-state index in [2.05, 4.69) is 5.32 Å². The third-order valence-electron chi connectivity index (χ3n) is 4.08. The molecule has 0 aliphatic heterocycles. The number of para-hydroxylation sites is 1. The van der Waals surface area contributed by atoms with Gasteiger partial charge in [-0.2, -0.15) is 0 Å². The Morgan fingerprint density at radius 2 is 1.81 bits per heavy atom. The molecule has 0 spiro atoms. The lowest BCUT2D eigenvalue weighted by atomic mass is 10.1. The van der Waals surface area contributed by atoms with Crippen LogP contribution < -0.4 is 10.2 Å². The zero-order valence-corrected chi connectivity index (χ0v) is 16.2. The molecule has 142 valence electrons. The Labute approximate surface area is 163 Å². The normalized spacial score (nSPS) is 10.2. The zero-order chi connectivity index (χ0) is 20.0. The standard InChI is InChI=1S/C20H21ClN2O4/c1-13-16(21)8-6-10-18(13)23(14(2)24)12-11-19(25)22-17-9-5-4-7-15(17)20(26)27-3/h4-10H,11-12H2,1-3H3,(H,22,25). The van der Waals surface area contributed by atoms with Crippen LogP contribution in [0.15, 0.2) is 42.5 Å². The summed E-state index contributed by atoms with van der Waals surface area (Å²) in [5.74, 6) is -1.05. The number of anilines is 2. The van der Waals surface area contributed by atoms with Gasteiger partial charge in [0.15, 0.2) is 0 Å². The molecular weight excluding hydrogens is 368 g/mol. The van der Waals surface area contributed by atoms with E-state index in [4.69, 9.17) is 16.3 Å². The third-order valence-corrected chi connectivity index (χ3v) is 4.49. The Balaban J connectivity index is 2.11. The first kappa shape index (κ1) is 20.5. The number of hydrogen-bond acceptors (Lipinski definition) is 4. The highest BCUT2D eigenvalue weighted by Gasteiger charge is 2.18. The Morgan fingerprint density at radius 1 is 1.11 bits per heavy atom. The molecule has 7 heteroatoms. The van der Waals surface area contributed by atoms with Crippen LogP contribution >= 0.6 is 11.6 Å². The maximum Gasteiger partial charge on any atom is 0.339 e. The predicted octanol–water partition coefficient (Wildman–Crippen LogP) is 3.82. The fourth-order valence-electron chi connectivity index (χ4n) is 2.64. The minimum Gasteiger partial charge on any atom is -0.465 e. The van der Waals surface area contributed by atoms with E-state index in [1.165, 1.54) is 18.9 Å². The molecule has 2 aromatic carbocycles. The van der Waals surface area contributed by atoms with Crippen LogP contribution in [0.5, 0.6) is 0 Å². The third kappa shape index (κ3) is 5.08. The minimum atomic E-state index is -0.536. The van der Waals surface area contributed by atoms with Crippen molar-refractivity contribution in [2.75, 3.05) is 23.9 Å². The number of benzene rings is 2. The molecule has 2 aromatic rings. The van der Waals surface area contributed by atoms with E-state index in [1.807, 2.05) is 6.92 Å². The average molecular weight is 389 g/mol. The Bertz CT molecular complexity index is 867. The maximum absolute atomic E-state index is 12.4. The second kappa shape index (κ2) is 9.19. The lowest BCUT2D eigenvalue weighted by Crippen LogP contribution is -2.32. The zero-order valence-electron chi connectivity index (χ0n) is 15.4. The first-order valence-electron chi connectivity index (χ1n) is 8.35. The molecule has 2 rings (SSSR count). The minimum absolute atomic E-state index is 0.0566. The van der Waals surface area contributed by atoms with E-state index < -0.39 is 5.97 Å². The smallest absolute Gasteiger partial charge is 0.339 e. The number of halogens is 1. The van der Waals surface area contributed by atoms with Gasteiger partial charge in [-0.05, 0) is 36.8 Å². The van der Waals surface area contributed by atoms with E-state index in [1.54, 1.807) is 42.5 Å². The predicted molar refractivity (Wildman–Crippen MR) is 105 cm³/mol. The highest BCUT2D eigenvalue weighted by molar-refractivity contribution is 6.31. The highest BCUT2D eigenvalue weighted by Crippen LogP contribution is 2.27. The van der Waals surface area contributed by atoms with Gasteiger partial charge in [0.25, 0.3) is 0 Å². The van der Waals surface area contributed by atoms with Crippen LogP contribution in [0.1, 0.15) is 29.3 Å². The summed E-state index contributed by atoms with van der Waals surface area (Å²) in [6, 6.07) is 11.9. The van der Waals surface area contributed by atoms with Gasteiger partial charge in [0.1, 0.15) is 0 Å². The molecule has 0 radical (unpaired) electrons. The molecule has 0 heterocycles. The van der Waals surface area contributed by atoms with Crippen LogP contribution in [0.4, 0.5) is 11.4 Å². The molecule has 0 atom stereocenters. The molecule has 2 amide bonds. The van der Waals surface area contributed by atoms with Crippen molar-refractivity contribution in [2.24, 2.45) is 0 Å². The number of hydrogen-bond donors (Lipinski definition) is 1. The summed E-state index contributed by atoms with van der Waals surface area (Å²) < 4.78 is 4.71. The molecule has 27 heavy (non-hydrogen) atoms. The second-order valence-corrected chi connectivity index (χ2v) is 6.30. The summed E-state index contributed by atoms with van der Waals surface area (Å²) in [6.07, 6.45) is 0.0566. The molecule has 0 aliphatic carbocycles. The molecule has 1 N–H and O–H groups in total. The van der Waals surface area contributed by atoms with E-state index in [-0.39, 0.29) is 30.3 Å². The van der Waals surface area contributed by atoms with E-state index >= 15 is 0 Å². The van der Waals surface area contributed by atoms with Crippen LogP contribution in [0.3, 0.4) is 0 Å². The van der Waals surface area contributed by atoms with Gasteiger partial charge < -0.3 is 15.0 Å². The molecular formula is C20H21ClN2O4. The number of nitrogens with zero attached hydrogens (tertiary/aromatic N) is 1. The maximum atomic E-state index is 12.4. The molecule has 0 saturated carbocycles. The van der Waals surface area contributed by atoms with Gasteiger partial charge in [-0.3, -0.25) is 9.59 Å². The van der Waals surface area contributed by atoms with Gasteiger partial charge in [-0.15, -0.1) is 0 Å². The van der Waals surface area contributed by atoms with Crippen LogP contribution in [0, 0.1) is 6.92 Å². The molecule has 0 aromatic heterocycles. The van der Waals surface area contributed by atoms with Crippen LogP contribution in [0.2, 0.25) is 5.02 Å². The van der Waals surface area contributed by atoms with Crippen molar-refractivity contribution >= 4 is 40.8 Å². The average Bonchev–Trinajstić information content (AvgIpc) is 2.64. The topological polar surface area (TPSA) is 75.7 Å². The quantitative estimate of drug-likeness (QED) is 0.763. The lowest BCUT2D eigenvalue weighted by molar-refractivity contribution is -0.117. The molecule has 0 unspecified atom stereocenters. The number of amides is 2. The molecule has 0 aliphatic rings. The van der Waals surface area contributed by atoms with Gasteiger partial charge in [0.2, 0.25) is 11.8 Å². The molecule has 0 fully saturated rings. The summed E-state index contributed by atoms with van der Waals surface area (Å²) in [5.41, 5.74) is 2.06. The van der Waals surface area contributed by atoms with Crippen molar-refractivity contribution in [3.63, 3.8) is 0 Å². The van der Waals surface area contributed by atoms with Crippen molar-refractivity contribution in [1.82, 2.24) is 0 Å². The Hall–Kier alpha value is -2.86. The number of carbonyl (C=O) groups is 3. The summed E-state index contributed by atoms with van der Waals surface area (Å²) >= 11 is 6.13. The van der Waals surface area contributed by atoms with E-state index in [0.717, 1.165) is 5.56 Å². The van der Waals surface area contributed by atoms with E-state index in [0.29, 0.717) is 16.4 Å². The van der Waals surface area contributed by atoms with Crippen molar-refractivity contribution < 1.29 is 19.1 Å². The number of methoxy groups -OCH3 is 1. The summed E-state index contributed by atoms with van der Waals surface area (Å²) in [4.78, 5) is 37.7. The molecule has 0 bridgehead atoms. The van der Waals surface area contributed by atoms with Gasteiger partial charge >= 0.3 is 5.97 Å². The van der Waals surface area contributed by atoms with Crippen molar-refractivity contribution in [3.8, 4) is 0 Å².